The first-order valence-electron chi connectivity index (χ1n) is 11.0. The molecular weight excluding hydrogens is 392 g/mol. The van der Waals surface area contributed by atoms with E-state index in [1.54, 1.807) is 0 Å². The molecule has 0 aliphatic carbocycles. The highest BCUT2D eigenvalue weighted by Gasteiger charge is 2.30. The summed E-state index contributed by atoms with van der Waals surface area (Å²) in [5.41, 5.74) is 1.43. The molecule has 0 aliphatic heterocycles. The van der Waals surface area contributed by atoms with Crippen LogP contribution in [0.2, 0.25) is 0 Å². The third-order valence-corrected chi connectivity index (χ3v) is 6.02. The second-order valence-electron chi connectivity index (χ2n) is 9.34. The highest BCUT2D eigenvalue weighted by Crippen LogP contribution is 2.41. The van der Waals surface area contributed by atoms with Crippen molar-refractivity contribution in [3.05, 3.63) is 108 Å². The van der Waals surface area contributed by atoms with E-state index in [1.165, 1.54) is 0 Å². The molecule has 0 aliphatic rings. The minimum atomic E-state index is -0.608. The van der Waals surface area contributed by atoms with E-state index in [-0.39, 0.29) is 5.97 Å². The number of esters is 1. The van der Waals surface area contributed by atoms with Crippen LogP contribution in [0.3, 0.4) is 0 Å². The summed E-state index contributed by atoms with van der Waals surface area (Å²) in [6, 6.07) is 33.4. The molecule has 5 aromatic carbocycles. The van der Waals surface area contributed by atoms with Gasteiger partial charge in [-0.05, 0) is 59.2 Å². The second-order valence-corrected chi connectivity index (χ2v) is 9.34. The zero-order chi connectivity index (χ0) is 22.3. The number of hydrogen-bond acceptors (Lipinski definition) is 2. The molecule has 0 aromatic heterocycles. The summed E-state index contributed by atoms with van der Waals surface area (Å²) < 4.78 is 6.37. The summed E-state index contributed by atoms with van der Waals surface area (Å²) >= 11 is 0. The Bertz CT molecular complexity index is 1400. The van der Waals surface area contributed by atoms with Crippen LogP contribution in [0.1, 0.15) is 38.0 Å². The summed E-state index contributed by atoms with van der Waals surface area (Å²) in [4.78, 5) is 13.2. The molecule has 32 heavy (non-hydrogen) atoms. The molecule has 5 rings (SSSR count). The highest BCUT2D eigenvalue weighted by molar-refractivity contribution is 6.03. The van der Waals surface area contributed by atoms with Gasteiger partial charge in [0.15, 0.2) is 6.10 Å². The largest absolute Gasteiger partial charge is 0.452 e. The number of ether oxygens (including phenoxy) is 1. The van der Waals surface area contributed by atoms with E-state index in [1.807, 2.05) is 51.1 Å². The first-order valence-corrected chi connectivity index (χ1v) is 11.0. The van der Waals surface area contributed by atoms with Gasteiger partial charge in [0.2, 0.25) is 0 Å². The molecule has 2 nitrogen and oxygen atoms in total. The smallest absolute Gasteiger partial charge is 0.312 e. The van der Waals surface area contributed by atoms with Gasteiger partial charge in [-0.2, -0.15) is 0 Å². The Morgan fingerprint density at radius 1 is 0.656 bits per heavy atom. The van der Waals surface area contributed by atoms with Crippen LogP contribution in [-0.4, -0.2) is 5.97 Å². The topological polar surface area (TPSA) is 26.3 Å². The van der Waals surface area contributed by atoms with Gasteiger partial charge in [-0.3, -0.25) is 4.79 Å². The molecule has 1 atom stereocenters. The monoisotopic (exact) mass is 418 g/mol. The molecule has 1 unspecified atom stereocenters. The van der Waals surface area contributed by atoms with Gasteiger partial charge in [0, 0.05) is 11.1 Å². The number of carbonyl (C=O) groups excluding carboxylic acids is 1. The third-order valence-electron chi connectivity index (χ3n) is 6.02. The lowest BCUT2D eigenvalue weighted by molar-refractivity contribution is -0.156. The van der Waals surface area contributed by atoms with Crippen LogP contribution in [0.5, 0.6) is 0 Å². The van der Waals surface area contributed by atoms with E-state index in [9.17, 15) is 4.79 Å². The predicted molar refractivity (Wildman–Crippen MR) is 133 cm³/mol. The van der Waals surface area contributed by atoms with Gasteiger partial charge >= 0.3 is 5.97 Å². The Hall–Kier alpha value is -3.65. The van der Waals surface area contributed by atoms with E-state index in [0.717, 1.165) is 43.4 Å². The van der Waals surface area contributed by atoms with E-state index >= 15 is 0 Å². The minimum absolute atomic E-state index is 0.215. The molecule has 2 heteroatoms. The molecule has 5 aromatic rings. The maximum atomic E-state index is 13.2. The van der Waals surface area contributed by atoms with Crippen molar-refractivity contribution in [3.63, 3.8) is 0 Å². The summed E-state index contributed by atoms with van der Waals surface area (Å²) in [5, 5.41) is 6.71. The fourth-order valence-electron chi connectivity index (χ4n) is 4.37. The van der Waals surface area contributed by atoms with Gasteiger partial charge in [-0.25, -0.2) is 0 Å². The van der Waals surface area contributed by atoms with Crippen LogP contribution in [0.4, 0.5) is 0 Å². The van der Waals surface area contributed by atoms with Crippen molar-refractivity contribution in [2.75, 3.05) is 0 Å². The zero-order valence-corrected chi connectivity index (χ0v) is 18.6. The van der Waals surface area contributed by atoms with Crippen LogP contribution in [0.25, 0.3) is 32.3 Å². The van der Waals surface area contributed by atoms with Crippen molar-refractivity contribution in [3.8, 4) is 0 Å². The van der Waals surface area contributed by atoms with E-state index < -0.39 is 11.5 Å². The first-order chi connectivity index (χ1) is 15.4. The lowest BCUT2D eigenvalue weighted by Gasteiger charge is -2.27. The van der Waals surface area contributed by atoms with Crippen LogP contribution in [-0.2, 0) is 9.53 Å². The summed E-state index contributed by atoms with van der Waals surface area (Å²) in [5.74, 6) is -0.215. The Kier molecular flexibility index (Phi) is 4.94. The van der Waals surface area contributed by atoms with Gasteiger partial charge < -0.3 is 4.74 Å². The number of benzene rings is 5. The Morgan fingerprint density at radius 2 is 1.16 bits per heavy atom. The second kappa shape index (κ2) is 7.80. The molecule has 0 saturated carbocycles. The predicted octanol–water partition coefficient (Wildman–Crippen LogP) is 7.82. The average Bonchev–Trinajstić information content (AvgIpc) is 2.80. The quantitative estimate of drug-likeness (QED) is 0.220. The summed E-state index contributed by atoms with van der Waals surface area (Å²) in [7, 11) is 0. The number of fused-ring (bicyclic) bond motifs is 3. The van der Waals surface area contributed by atoms with E-state index in [2.05, 4.69) is 66.7 Å². The molecule has 0 spiro atoms. The molecule has 0 saturated heterocycles. The maximum absolute atomic E-state index is 13.2. The first kappa shape index (κ1) is 20.3. The third kappa shape index (κ3) is 3.52. The van der Waals surface area contributed by atoms with Gasteiger partial charge in [0.25, 0.3) is 0 Å². The van der Waals surface area contributed by atoms with Gasteiger partial charge in [0.1, 0.15) is 0 Å². The van der Waals surface area contributed by atoms with Crippen LogP contribution >= 0.6 is 0 Å². The Morgan fingerprint density at radius 3 is 1.75 bits per heavy atom. The van der Waals surface area contributed by atoms with Gasteiger partial charge in [0.05, 0.1) is 5.41 Å². The number of carbonyl (C=O) groups is 1. The van der Waals surface area contributed by atoms with Crippen LogP contribution in [0, 0.1) is 5.41 Å². The molecule has 0 radical (unpaired) electrons. The lowest BCUT2D eigenvalue weighted by Crippen LogP contribution is -2.25. The Labute approximate surface area is 188 Å². The van der Waals surface area contributed by atoms with Crippen molar-refractivity contribution in [2.45, 2.75) is 26.9 Å². The van der Waals surface area contributed by atoms with Crippen LogP contribution in [0.15, 0.2) is 97.1 Å². The Balaban J connectivity index is 1.87. The molecule has 0 bridgehead atoms. The average molecular weight is 419 g/mol. The molecule has 0 amide bonds. The molecule has 0 heterocycles. The van der Waals surface area contributed by atoms with Crippen molar-refractivity contribution in [1.29, 1.82) is 0 Å². The molecular formula is C30H26O2. The molecule has 0 N–H and O–H groups in total. The van der Waals surface area contributed by atoms with Crippen LogP contribution < -0.4 is 0 Å². The van der Waals surface area contributed by atoms with Gasteiger partial charge in [-0.15, -0.1) is 0 Å². The fraction of sp³-hybridized carbons (Fsp3) is 0.167. The minimum Gasteiger partial charge on any atom is -0.452 e. The van der Waals surface area contributed by atoms with Crippen molar-refractivity contribution in [2.24, 2.45) is 5.41 Å². The van der Waals surface area contributed by atoms with E-state index in [4.69, 9.17) is 4.74 Å². The maximum Gasteiger partial charge on any atom is 0.312 e. The highest BCUT2D eigenvalue weighted by atomic mass is 16.5. The number of hydrogen-bond donors (Lipinski definition) is 0. The van der Waals surface area contributed by atoms with Crippen molar-refractivity contribution in [1.82, 2.24) is 0 Å². The lowest BCUT2D eigenvalue weighted by atomic mass is 9.88. The van der Waals surface area contributed by atoms with Gasteiger partial charge in [-0.1, -0.05) is 91.0 Å². The summed E-state index contributed by atoms with van der Waals surface area (Å²) in [6.07, 6.45) is -0.524. The molecule has 158 valence electrons. The fourth-order valence-corrected chi connectivity index (χ4v) is 4.37. The SMILES string of the molecule is CC(C)(C)C(=O)OC(c1cccc2ccccc12)c1c2ccccc2cc2ccccc12. The number of rotatable bonds is 3. The van der Waals surface area contributed by atoms with Crippen molar-refractivity contribution >= 4 is 38.3 Å². The standard InChI is InChI=1S/C30H26O2/c1-30(2,3)29(31)32-28(26-18-10-14-20-11-4-7-15-23(20)26)27-24-16-8-5-12-21(24)19-22-13-6-9-17-25(22)27/h4-19,28H,1-3H3. The normalized spacial score (nSPS) is 12.8. The zero-order valence-electron chi connectivity index (χ0n) is 18.6. The summed E-state index contributed by atoms with van der Waals surface area (Å²) in [6.45, 7) is 5.70. The van der Waals surface area contributed by atoms with E-state index in [0.29, 0.717) is 0 Å². The molecule has 0 fully saturated rings. The van der Waals surface area contributed by atoms with Crippen molar-refractivity contribution < 1.29 is 9.53 Å².